The van der Waals surface area contributed by atoms with Crippen molar-refractivity contribution >= 4 is 63.7 Å². The van der Waals surface area contributed by atoms with Crippen LogP contribution < -0.4 is 20.7 Å². The number of unbranched alkanes of at least 4 members (excludes halogenated alkanes) is 12. The van der Waals surface area contributed by atoms with E-state index in [0.29, 0.717) is 17.9 Å². The molecule has 35 heavy (non-hydrogen) atoms. The number of benzene rings is 1. The van der Waals surface area contributed by atoms with Crippen molar-refractivity contribution < 1.29 is 9.53 Å². The van der Waals surface area contributed by atoms with Gasteiger partial charge < -0.3 is 20.7 Å². The van der Waals surface area contributed by atoms with E-state index in [1.165, 1.54) is 64.2 Å². The van der Waals surface area contributed by atoms with Crippen molar-refractivity contribution in [3.8, 4) is 5.75 Å². The first-order chi connectivity index (χ1) is 16.8. The number of para-hydroxylation sites is 2. The van der Waals surface area contributed by atoms with E-state index in [1.807, 2.05) is 18.2 Å². The molecule has 0 saturated carbocycles. The minimum absolute atomic E-state index is 0.183. The zero-order valence-electron chi connectivity index (χ0n) is 21.1. The summed E-state index contributed by atoms with van der Waals surface area (Å²) in [5, 5.41) is 8.82. The SMILES string of the molecule is CCCCCCCCCCCCCCCC(=O)N[C@H](NC(=S)Nc1ccccc1OC)C(Cl)(Cl)Cl. The van der Waals surface area contributed by atoms with Crippen molar-refractivity contribution in [1.82, 2.24) is 10.6 Å². The second kappa shape index (κ2) is 19.2. The van der Waals surface area contributed by atoms with Gasteiger partial charge in [0.05, 0.1) is 12.8 Å². The molecule has 0 spiro atoms. The van der Waals surface area contributed by atoms with Gasteiger partial charge in [0, 0.05) is 6.42 Å². The van der Waals surface area contributed by atoms with Crippen LogP contribution in [-0.4, -0.2) is 28.1 Å². The number of rotatable bonds is 18. The normalized spacial score (nSPS) is 12.1. The monoisotopic (exact) mass is 565 g/mol. The molecule has 1 amide bonds. The zero-order valence-corrected chi connectivity index (χ0v) is 24.2. The molecule has 3 N–H and O–H groups in total. The fourth-order valence-electron chi connectivity index (χ4n) is 3.77. The third-order valence-electron chi connectivity index (χ3n) is 5.77. The van der Waals surface area contributed by atoms with Crippen LogP contribution in [0.25, 0.3) is 0 Å². The summed E-state index contributed by atoms with van der Waals surface area (Å²) < 4.78 is 3.52. The average molecular weight is 567 g/mol. The number of amides is 1. The fourth-order valence-corrected chi connectivity index (χ4v) is 4.33. The molecule has 0 saturated heterocycles. The van der Waals surface area contributed by atoms with Gasteiger partial charge in [0.1, 0.15) is 11.9 Å². The lowest BCUT2D eigenvalue weighted by molar-refractivity contribution is -0.122. The number of anilines is 1. The van der Waals surface area contributed by atoms with E-state index in [-0.39, 0.29) is 11.0 Å². The van der Waals surface area contributed by atoms with Gasteiger partial charge in [-0.05, 0) is 30.8 Å². The van der Waals surface area contributed by atoms with Gasteiger partial charge in [-0.3, -0.25) is 4.79 Å². The second-order valence-corrected chi connectivity index (χ2v) is 11.6. The molecule has 0 aliphatic carbocycles. The number of nitrogens with one attached hydrogen (secondary N) is 3. The summed E-state index contributed by atoms with van der Waals surface area (Å²) in [6.07, 6.45) is 15.7. The Bertz CT molecular complexity index is 732. The minimum Gasteiger partial charge on any atom is -0.495 e. The molecule has 0 fully saturated rings. The Morgan fingerprint density at radius 1 is 0.886 bits per heavy atom. The van der Waals surface area contributed by atoms with Gasteiger partial charge in [-0.1, -0.05) is 131 Å². The van der Waals surface area contributed by atoms with Gasteiger partial charge in [0.2, 0.25) is 9.70 Å². The van der Waals surface area contributed by atoms with E-state index < -0.39 is 9.96 Å². The van der Waals surface area contributed by atoms with E-state index in [0.717, 1.165) is 19.3 Å². The lowest BCUT2D eigenvalue weighted by Crippen LogP contribution is -2.56. The topological polar surface area (TPSA) is 62.4 Å². The lowest BCUT2D eigenvalue weighted by Gasteiger charge is -2.28. The molecule has 0 aliphatic heterocycles. The molecule has 0 bridgehead atoms. The molecular formula is C26H42Cl3N3O2S. The Labute approximate surface area is 232 Å². The molecule has 200 valence electrons. The van der Waals surface area contributed by atoms with Crippen molar-refractivity contribution in [1.29, 1.82) is 0 Å². The maximum Gasteiger partial charge on any atom is 0.228 e. The molecule has 0 aromatic heterocycles. The number of methoxy groups -OCH3 is 1. The van der Waals surface area contributed by atoms with Crippen molar-refractivity contribution in [2.24, 2.45) is 0 Å². The number of hydrogen-bond donors (Lipinski definition) is 3. The summed E-state index contributed by atoms with van der Waals surface area (Å²) in [4.78, 5) is 12.4. The molecule has 1 aromatic rings. The summed E-state index contributed by atoms with van der Waals surface area (Å²) >= 11 is 23.6. The maximum absolute atomic E-state index is 12.4. The first-order valence-corrected chi connectivity index (χ1v) is 14.4. The second-order valence-electron chi connectivity index (χ2n) is 8.83. The lowest BCUT2D eigenvalue weighted by atomic mass is 10.0. The van der Waals surface area contributed by atoms with Crippen LogP contribution in [0.3, 0.4) is 0 Å². The number of carbonyl (C=O) groups is 1. The number of alkyl halides is 3. The van der Waals surface area contributed by atoms with Crippen molar-refractivity contribution in [2.75, 3.05) is 12.4 Å². The molecule has 0 unspecified atom stereocenters. The van der Waals surface area contributed by atoms with Gasteiger partial charge in [0.15, 0.2) is 5.11 Å². The van der Waals surface area contributed by atoms with E-state index in [4.69, 9.17) is 51.8 Å². The maximum atomic E-state index is 12.4. The van der Waals surface area contributed by atoms with E-state index >= 15 is 0 Å². The van der Waals surface area contributed by atoms with Crippen molar-refractivity contribution in [3.05, 3.63) is 24.3 Å². The Morgan fingerprint density at radius 2 is 1.40 bits per heavy atom. The van der Waals surface area contributed by atoms with Gasteiger partial charge >= 0.3 is 0 Å². The number of ether oxygens (including phenoxy) is 1. The smallest absolute Gasteiger partial charge is 0.228 e. The number of carbonyl (C=O) groups excluding carboxylic acids is 1. The molecule has 1 aromatic carbocycles. The predicted molar refractivity (Wildman–Crippen MR) is 155 cm³/mol. The highest BCUT2D eigenvalue weighted by molar-refractivity contribution is 7.80. The Morgan fingerprint density at radius 3 is 1.91 bits per heavy atom. The first kappa shape index (κ1) is 32.1. The Hall–Kier alpha value is -0.950. The Kier molecular flexibility index (Phi) is 17.6. The number of halogens is 3. The first-order valence-electron chi connectivity index (χ1n) is 12.8. The van der Waals surface area contributed by atoms with Gasteiger partial charge in [-0.2, -0.15) is 0 Å². The van der Waals surface area contributed by atoms with E-state index in [2.05, 4.69) is 22.9 Å². The van der Waals surface area contributed by atoms with Crippen molar-refractivity contribution in [3.63, 3.8) is 0 Å². The van der Waals surface area contributed by atoms with E-state index in [1.54, 1.807) is 13.2 Å². The van der Waals surface area contributed by atoms with Gasteiger partial charge in [-0.25, -0.2) is 0 Å². The summed E-state index contributed by atoms with van der Waals surface area (Å²) in [5.74, 6) is 0.436. The van der Waals surface area contributed by atoms with Gasteiger partial charge in [-0.15, -0.1) is 0 Å². The van der Waals surface area contributed by atoms with Gasteiger partial charge in [0.25, 0.3) is 0 Å². The van der Waals surface area contributed by atoms with Crippen LogP contribution in [0, 0.1) is 0 Å². The predicted octanol–water partition coefficient (Wildman–Crippen LogP) is 8.28. The highest BCUT2D eigenvalue weighted by atomic mass is 35.6. The third kappa shape index (κ3) is 15.7. The van der Waals surface area contributed by atoms with E-state index in [9.17, 15) is 4.79 Å². The molecular weight excluding hydrogens is 525 g/mol. The molecule has 5 nitrogen and oxygen atoms in total. The quantitative estimate of drug-likeness (QED) is 0.0722. The standard InChI is InChI=1S/C26H42Cl3N3O2S/c1-3-4-5-6-7-8-9-10-11-12-13-14-15-20-23(33)31-24(26(27,28)29)32-25(35)30-21-18-16-17-19-22(21)34-2/h16-19,24H,3-15,20H2,1-2H3,(H,31,33)(H2,30,32,35)/t24-/m1/s1. The zero-order chi connectivity index (χ0) is 25.9. The summed E-state index contributed by atoms with van der Waals surface area (Å²) in [6, 6.07) is 7.30. The van der Waals surface area contributed by atoms with Crippen LogP contribution in [0.1, 0.15) is 96.8 Å². The summed E-state index contributed by atoms with van der Waals surface area (Å²) in [5.41, 5.74) is 0.661. The third-order valence-corrected chi connectivity index (χ3v) is 6.65. The largest absolute Gasteiger partial charge is 0.495 e. The minimum atomic E-state index is -1.78. The molecule has 0 aliphatic rings. The molecule has 0 radical (unpaired) electrons. The Balaban J connectivity index is 2.23. The van der Waals surface area contributed by atoms with Crippen LogP contribution in [0.4, 0.5) is 5.69 Å². The number of thiocarbonyl (C=S) groups is 1. The fraction of sp³-hybridized carbons (Fsp3) is 0.692. The summed E-state index contributed by atoms with van der Waals surface area (Å²) in [6.45, 7) is 2.25. The number of hydrogen-bond acceptors (Lipinski definition) is 3. The van der Waals surface area contributed by atoms with Crippen LogP contribution in [0.2, 0.25) is 0 Å². The van der Waals surface area contributed by atoms with Crippen molar-refractivity contribution in [2.45, 2.75) is 107 Å². The van der Waals surface area contributed by atoms with Crippen LogP contribution >= 0.6 is 47.0 Å². The van der Waals surface area contributed by atoms with Crippen LogP contribution in [0.5, 0.6) is 5.75 Å². The molecule has 1 rings (SSSR count). The average Bonchev–Trinajstić information content (AvgIpc) is 2.81. The molecule has 9 heteroatoms. The van der Waals surface area contributed by atoms with Crippen LogP contribution in [0.15, 0.2) is 24.3 Å². The highest BCUT2D eigenvalue weighted by Gasteiger charge is 2.34. The highest BCUT2D eigenvalue weighted by Crippen LogP contribution is 2.29. The molecule has 1 atom stereocenters. The van der Waals surface area contributed by atoms with Crippen LogP contribution in [-0.2, 0) is 4.79 Å². The molecule has 0 heterocycles. The summed E-state index contributed by atoms with van der Waals surface area (Å²) in [7, 11) is 1.57.